The number of aryl methyl sites for hydroxylation is 1. The Hall–Kier alpha value is -0.890. The smallest absolute Gasteiger partial charge is 0.0404 e. The largest absolute Gasteiger partial charge is 0.328 e. The van der Waals surface area contributed by atoms with Crippen molar-refractivity contribution >= 4 is 0 Å². The number of rotatable bonds is 9. The minimum Gasteiger partial charge on any atom is -0.328 e. The van der Waals surface area contributed by atoms with E-state index in [1.807, 2.05) is 18.3 Å². The van der Waals surface area contributed by atoms with E-state index in [1.165, 1.54) is 32.1 Å². The van der Waals surface area contributed by atoms with Crippen LogP contribution in [0, 0.1) is 0 Å². The molecule has 2 nitrogen and oxygen atoms in total. The zero-order valence-electron chi connectivity index (χ0n) is 11.1. The summed E-state index contributed by atoms with van der Waals surface area (Å²) in [6.45, 7) is 2.25. The van der Waals surface area contributed by atoms with Crippen molar-refractivity contribution in [2.24, 2.45) is 5.73 Å². The van der Waals surface area contributed by atoms with Crippen LogP contribution in [0.15, 0.2) is 24.4 Å². The Morgan fingerprint density at radius 3 is 2.65 bits per heavy atom. The maximum absolute atomic E-state index is 6.11. The van der Waals surface area contributed by atoms with Crippen LogP contribution in [0.2, 0.25) is 0 Å². The third kappa shape index (κ3) is 7.11. The van der Waals surface area contributed by atoms with Gasteiger partial charge in [-0.3, -0.25) is 4.98 Å². The zero-order chi connectivity index (χ0) is 12.3. The quantitative estimate of drug-likeness (QED) is 0.662. The number of pyridine rings is 1. The first-order chi connectivity index (χ1) is 8.33. The van der Waals surface area contributed by atoms with Crippen molar-refractivity contribution in [1.29, 1.82) is 0 Å². The molecule has 0 bridgehead atoms. The molecule has 2 heteroatoms. The van der Waals surface area contributed by atoms with Crippen LogP contribution >= 0.6 is 0 Å². The minimum atomic E-state index is 0.346. The van der Waals surface area contributed by atoms with Gasteiger partial charge < -0.3 is 5.73 Å². The van der Waals surface area contributed by atoms with Crippen LogP contribution in [0.1, 0.15) is 57.6 Å². The molecule has 0 saturated heterocycles. The van der Waals surface area contributed by atoms with Gasteiger partial charge in [-0.05, 0) is 31.4 Å². The fourth-order valence-electron chi connectivity index (χ4n) is 2.03. The standard InChI is InChI=1S/C15H26N2/c1-2-3-4-5-6-9-14(16)11-12-15-10-7-8-13-17-15/h7-8,10,13-14H,2-6,9,11-12,16H2,1H3. The number of hydrogen-bond donors (Lipinski definition) is 1. The summed E-state index contributed by atoms with van der Waals surface area (Å²) >= 11 is 0. The second kappa shape index (κ2) is 9.17. The number of unbranched alkanes of at least 4 members (excludes halogenated alkanes) is 4. The van der Waals surface area contributed by atoms with Crippen LogP contribution in [0.5, 0.6) is 0 Å². The summed E-state index contributed by atoms with van der Waals surface area (Å²) < 4.78 is 0. The van der Waals surface area contributed by atoms with E-state index in [1.54, 1.807) is 0 Å². The molecular formula is C15H26N2. The van der Waals surface area contributed by atoms with Crippen LogP contribution in [0.4, 0.5) is 0 Å². The first-order valence-electron chi connectivity index (χ1n) is 6.98. The summed E-state index contributed by atoms with van der Waals surface area (Å²) in [6, 6.07) is 6.42. The summed E-state index contributed by atoms with van der Waals surface area (Å²) in [5, 5.41) is 0. The predicted octanol–water partition coefficient (Wildman–Crippen LogP) is 3.70. The molecule has 0 radical (unpaired) electrons. The van der Waals surface area contributed by atoms with Gasteiger partial charge >= 0.3 is 0 Å². The van der Waals surface area contributed by atoms with Crippen molar-refractivity contribution < 1.29 is 0 Å². The van der Waals surface area contributed by atoms with Gasteiger partial charge in [-0.15, -0.1) is 0 Å². The summed E-state index contributed by atoms with van der Waals surface area (Å²) in [4.78, 5) is 4.32. The van der Waals surface area contributed by atoms with Gasteiger partial charge in [0.25, 0.3) is 0 Å². The topological polar surface area (TPSA) is 38.9 Å². The minimum absolute atomic E-state index is 0.346. The highest BCUT2D eigenvalue weighted by Crippen LogP contribution is 2.09. The van der Waals surface area contributed by atoms with Gasteiger partial charge in [0, 0.05) is 17.9 Å². The van der Waals surface area contributed by atoms with Crippen LogP contribution in [-0.4, -0.2) is 11.0 Å². The second-order valence-corrected chi connectivity index (χ2v) is 4.82. The van der Waals surface area contributed by atoms with Crippen molar-refractivity contribution in [3.63, 3.8) is 0 Å². The van der Waals surface area contributed by atoms with E-state index in [4.69, 9.17) is 5.73 Å². The summed E-state index contributed by atoms with van der Waals surface area (Å²) in [5.41, 5.74) is 7.27. The van der Waals surface area contributed by atoms with Gasteiger partial charge in [0.2, 0.25) is 0 Å². The van der Waals surface area contributed by atoms with E-state index in [0.29, 0.717) is 6.04 Å². The number of nitrogens with zero attached hydrogens (tertiary/aromatic N) is 1. The summed E-state index contributed by atoms with van der Waals surface area (Å²) in [7, 11) is 0. The molecule has 96 valence electrons. The van der Waals surface area contributed by atoms with Crippen LogP contribution in [0.3, 0.4) is 0 Å². The van der Waals surface area contributed by atoms with Gasteiger partial charge in [0.05, 0.1) is 0 Å². The van der Waals surface area contributed by atoms with Crippen LogP contribution in [0.25, 0.3) is 0 Å². The molecule has 17 heavy (non-hydrogen) atoms. The van der Waals surface area contributed by atoms with Crippen molar-refractivity contribution in [2.45, 2.75) is 64.3 Å². The van der Waals surface area contributed by atoms with Crippen LogP contribution < -0.4 is 5.73 Å². The molecule has 1 atom stereocenters. The monoisotopic (exact) mass is 234 g/mol. The molecule has 0 aliphatic heterocycles. The molecule has 2 N–H and O–H groups in total. The number of nitrogens with two attached hydrogens (primary N) is 1. The van der Waals surface area contributed by atoms with Crippen LogP contribution in [-0.2, 0) is 6.42 Å². The van der Waals surface area contributed by atoms with Gasteiger partial charge in [0.1, 0.15) is 0 Å². The highest BCUT2D eigenvalue weighted by molar-refractivity contribution is 5.03. The SMILES string of the molecule is CCCCCCCC(N)CCc1ccccn1. The van der Waals surface area contributed by atoms with E-state index in [0.717, 1.165) is 25.0 Å². The van der Waals surface area contributed by atoms with Crippen molar-refractivity contribution in [2.75, 3.05) is 0 Å². The molecule has 0 amide bonds. The van der Waals surface area contributed by atoms with E-state index in [9.17, 15) is 0 Å². The lowest BCUT2D eigenvalue weighted by atomic mass is 10.0. The highest BCUT2D eigenvalue weighted by Gasteiger charge is 2.03. The molecule has 1 heterocycles. The summed E-state index contributed by atoms with van der Waals surface area (Å²) in [5.74, 6) is 0. The first-order valence-corrected chi connectivity index (χ1v) is 6.98. The normalized spacial score (nSPS) is 12.6. The number of hydrogen-bond acceptors (Lipinski definition) is 2. The molecule has 1 aromatic rings. The fourth-order valence-corrected chi connectivity index (χ4v) is 2.03. The van der Waals surface area contributed by atoms with E-state index in [2.05, 4.69) is 18.0 Å². The Morgan fingerprint density at radius 1 is 1.12 bits per heavy atom. The Balaban J connectivity index is 2.03. The van der Waals surface area contributed by atoms with Gasteiger partial charge in [0.15, 0.2) is 0 Å². The van der Waals surface area contributed by atoms with Crippen molar-refractivity contribution in [3.8, 4) is 0 Å². The molecule has 0 aromatic carbocycles. The van der Waals surface area contributed by atoms with E-state index >= 15 is 0 Å². The average Bonchev–Trinajstić information content (AvgIpc) is 2.37. The lowest BCUT2D eigenvalue weighted by Gasteiger charge is -2.10. The van der Waals surface area contributed by atoms with E-state index < -0.39 is 0 Å². The Labute approximate surface area is 106 Å². The molecular weight excluding hydrogens is 208 g/mol. The highest BCUT2D eigenvalue weighted by atomic mass is 14.7. The zero-order valence-corrected chi connectivity index (χ0v) is 11.1. The Bertz CT molecular complexity index is 272. The van der Waals surface area contributed by atoms with Crippen molar-refractivity contribution in [3.05, 3.63) is 30.1 Å². The number of aromatic nitrogens is 1. The fraction of sp³-hybridized carbons (Fsp3) is 0.667. The predicted molar refractivity (Wildman–Crippen MR) is 73.9 cm³/mol. The molecule has 0 fully saturated rings. The van der Waals surface area contributed by atoms with Gasteiger partial charge in [-0.2, -0.15) is 0 Å². The molecule has 0 aliphatic rings. The van der Waals surface area contributed by atoms with Crippen molar-refractivity contribution in [1.82, 2.24) is 4.98 Å². The van der Waals surface area contributed by atoms with Gasteiger partial charge in [-0.25, -0.2) is 0 Å². The third-order valence-corrected chi connectivity index (χ3v) is 3.18. The van der Waals surface area contributed by atoms with E-state index in [-0.39, 0.29) is 0 Å². The summed E-state index contributed by atoms with van der Waals surface area (Å²) in [6.07, 6.45) is 11.7. The molecule has 1 rings (SSSR count). The molecule has 0 aliphatic carbocycles. The lowest BCUT2D eigenvalue weighted by molar-refractivity contribution is 0.514. The first kappa shape index (κ1) is 14.2. The Morgan fingerprint density at radius 2 is 1.94 bits per heavy atom. The molecule has 1 aromatic heterocycles. The Kier molecular flexibility index (Phi) is 7.65. The van der Waals surface area contributed by atoms with Gasteiger partial charge in [-0.1, -0.05) is 45.1 Å². The third-order valence-electron chi connectivity index (χ3n) is 3.18. The molecule has 0 spiro atoms. The average molecular weight is 234 g/mol. The maximum atomic E-state index is 6.11. The maximum Gasteiger partial charge on any atom is 0.0404 e. The lowest BCUT2D eigenvalue weighted by Crippen LogP contribution is -2.20. The molecule has 1 unspecified atom stereocenters. The molecule has 0 saturated carbocycles. The second-order valence-electron chi connectivity index (χ2n) is 4.82.